The van der Waals surface area contributed by atoms with Gasteiger partial charge in [-0.3, -0.25) is 0 Å². The van der Waals surface area contributed by atoms with Crippen LogP contribution in [-0.4, -0.2) is 5.97 Å². The molecule has 2 rings (SSSR count). The Morgan fingerprint density at radius 3 is 2.53 bits per heavy atom. The molecule has 0 aromatic heterocycles. The van der Waals surface area contributed by atoms with Gasteiger partial charge in [-0.25, -0.2) is 4.79 Å². The molecule has 0 unspecified atom stereocenters. The molecular formula is C15H12Br2O2. The van der Waals surface area contributed by atoms with Gasteiger partial charge in [-0.1, -0.05) is 28.1 Å². The van der Waals surface area contributed by atoms with E-state index in [-0.39, 0.29) is 5.97 Å². The number of halogens is 2. The number of hydrogen-bond acceptors (Lipinski definition) is 2. The Bertz CT molecular complexity index is 636. The molecule has 0 atom stereocenters. The molecule has 0 aliphatic rings. The standard InChI is InChI=1S/C15H12Br2O2/c1-9-3-4-10(2)14(7-9)19-15(18)12-8-11(16)5-6-13(12)17/h3-8H,1-2H3. The number of rotatable bonds is 2. The van der Waals surface area contributed by atoms with Crippen LogP contribution in [0, 0.1) is 13.8 Å². The number of esters is 1. The highest BCUT2D eigenvalue weighted by atomic mass is 79.9. The number of hydrogen-bond donors (Lipinski definition) is 0. The van der Waals surface area contributed by atoms with Gasteiger partial charge in [0.2, 0.25) is 0 Å². The van der Waals surface area contributed by atoms with Gasteiger partial charge in [0.05, 0.1) is 5.56 Å². The molecule has 2 nitrogen and oxygen atoms in total. The van der Waals surface area contributed by atoms with E-state index in [2.05, 4.69) is 31.9 Å². The lowest BCUT2D eigenvalue weighted by molar-refractivity contribution is 0.0732. The smallest absolute Gasteiger partial charge is 0.344 e. The van der Waals surface area contributed by atoms with Crippen LogP contribution >= 0.6 is 31.9 Å². The highest BCUT2D eigenvalue weighted by Gasteiger charge is 2.14. The predicted octanol–water partition coefficient (Wildman–Crippen LogP) is 5.05. The molecule has 0 spiro atoms. The quantitative estimate of drug-likeness (QED) is 0.535. The molecule has 0 radical (unpaired) electrons. The molecule has 2 aromatic rings. The van der Waals surface area contributed by atoms with Crippen LogP contribution in [-0.2, 0) is 0 Å². The summed E-state index contributed by atoms with van der Waals surface area (Å²) < 4.78 is 7.01. The second kappa shape index (κ2) is 5.88. The van der Waals surface area contributed by atoms with Gasteiger partial charge in [0.15, 0.2) is 0 Å². The predicted molar refractivity (Wildman–Crippen MR) is 82.7 cm³/mol. The van der Waals surface area contributed by atoms with Gasteiger partial charge < -0.3 is 4.74 Å². The molecule has 0 bridgehead atoms. The zero-order valence-corrected chi connectivity index (χ0v) is 13.7. The van der Waals surface area contributed by atoms with Crippen molar-refractivity contribution in [1.82, 2.24) is 0 Å². The zero-order chi connectivity index (χ0) is 14.0. The van der Waals surface area contributed by atoms with E-state index in [1.165, 1.54) is 0 Å². The maximum Gasteiger partial charge on any atom is 0.344 e. The lowest BCUT2D eigenvalue weighted by atomic mass is 10.1. The average Bonchev–Trinajstić information content (AvgIpc) is 2.36. The van der Waals surface area contributed by atoms with Crippen molar-refractivity contribution in [2.24, 2.45) is 0 Å². The maximum absolute atomic E-state index is 12.2. The SMILES string of the molecule is Cc1ccc(C)c(OC(=O)c2cc(Br)ccc2Br)c1. The van der Waals surface area contributed by atoms with Crippen LogP contribution in [0.5, 0.6) is 5.75 Å². The highest BCUT2D eigenvalue weighted by molar-refractivity contribution is 9.11. The van der Waals surface area contributed by atoms with E-state index in [1.807, 2.05) is 44.2 Å². The first-order valence-electron chi connectivity index (χ1n) is 5.72. The summed E-state index contributed by atoms with van der Waals surface area (Å²) in [6.07, 6.45) is 0. The van der Waals surface area contributed by atoms with Gasteiger partial charge in [0, 0.05) is 8.95 Å². The van der Waals surface area contributed by atoms with Crippen LogP contribution in [0.4, 0.5) is 0 Å². The summed E-state index contributed by atoms with van der Waals surface area (Å²) in [6, 6.07) is 11.2. The maximum atomic E-state index is 12.2. The lowest BCUT2D eigenvalue weighted by Crippen LogP contribution is -2.10. The third kappa shape index (κ3) is 3.45. The average molecular weight is 384 g/mol. The first-order valence-corrected chi connectivity index (χ1v) is 7.30. The van der Waals surface area contributed by atoms with Crippen molar-refractivity contribution < 1.29 is 9.53 Å². The van der Waals surface area contributed by atoms with Gasteiger partial charge in [0.25, 0.3) is 0 Å². The van der Waals surface area contributed by atoms with Gasteiger partial charge in [-0.15, -0.1) is 0 Å². The van der Waals surface area contributed by atoms with E-state index in [0.29, 0.717) is 15.8 Å². The molecule has 0 amide bonds. The second-order valence-electron chi connectivity index (χ2n) is 4.28. The third-order valence-corrected chi connectivity index (χ3v) is 3.88. The molecule has 0 N–H and O–H groups in total. The van der Waals surface area contributed by atoms with E-state index >= 15 is 0 Å². The first-order chi connectivity index (χ1) is 8.97. The summed E-state index contributed by atoms with van der Waals surface area (Å²) in [4.78, 5) is 12.2. The van der Waals surface area contributed by atoms with Crippen LogP contribution in [0.1, 0.15) is 21.5 Å². The molecule has 19 heavy (non-hydrogen) atoms. The van der Waals surface area contributed by atoms with E-state index in [0.717, 1.165) is 15.6 Å². The minimum Gasteiger partial charge on any atom is -0.423 e. The largest absolute Gasteiger partial charge is 0.423 e. The van der Waals surface area contributed by atoms with Crippen LogP contribution < -0.4 is 4.74 Å². The molecule has 2 aromatic carbocycles. The molecular weight excluding hydrogens is 372 g/mol. The highest BCUT2D eigenvalue weighted by Crippen LogP contribution is 2.25. The molecule has 0 saturated carbocycles. The summed E-state index contributed by atoms with van der Waals surface area (Å²) in [5, 5.41) is 0. The zero-order valence-electron chi connectivity index (χ0n) is 10.5. The number of ether oxygens (including phenoxy) is 1. The second-order valence-corrected chi connectivity index (χ2v) is 6.05. The molecule has 0 aliphatic carbocycles. The minimum atomic E-state index is -0.373. The van der Waals surface area contributed by atoms with Crippen molar-refractivity contribution in [1.29, 1.82) is 0 Å². The van der Waals surface area contributed by atoms with Crippen molar-refractivity contribution in [2.75, 3.05) is 0 Å². The number of carbonyl (C=O) groups is 1. The fraction of sp³-hybridized carbons (Fsp3) is 0.133. The van der Waals surface area contributed by atoms with Crippen molar-refractivity contribution in [2.45, 2.75) is 13.8 Å². The summed E-state index contributed by atoms with van der Waals surface area (Å²) in [5.74, 6) is 0.221. The number of aryl methyl sites for hydroxylation is 2. The molecule has 98 valence electrons. The van der Waals surface area contributed by atoms with Crippen LogP contribution in [0.3, 0.4) is 0 Å². The monoisotopic (exact) mass is 382 g/mol. The van der Waals surface area contributed by atoms with Gasteiger partial charge in [0.1, 0.15) is 5.75 Å². The lowest BCUT2D eigenvalue weighted by Gasteiger charge is -2.09. The van der Waals surface area contributed by atoms with Crippen molar-refractivity contribution >= 4 is 37.8 Å². The Balaban J connectivity index is 2.30. The molecule has 4 heteroatoms. The molecule has 0 fully saturated rings. The third-order valence-electron chi connectivity index (χ3n) is 2.69. The molecule has 0 saturated heterocycles. The molecule has 0 aliphatic heterocycles. The summed E-state index contributed by atoms with van der Waals surface area (Å²) in [5.41, 5.74) is 2.49. The van der Waals surface area contributed by atoms with E-state index in [4.69, 9.17) is 4.74 Å². The fourth-order valence-electron chi connectivity index (χ4n) is 1.63. The van der Waals surface area contributed by atoms with Gasteiger partial charge in [-0.2, -0.15) is 0 Å². The van der Waals surface area contributed by atoms with Crippen LogP contribution in [0.2, 0.25) is 0 Å². The van der Waals surface area contributed by atoms with E-state index in [1.54, 1.807) is 6.07 Å². The molecule has 0 heterocycles. The fourth-order valence-corrected chi connectivity index (χ4v) is 2.40. The summed E-state index contributed by atoms with van der Waals surface area (Å²) in [6.45, 7) is 3.88. The van der Waals surface area contributed by atoms with Crippen molar-refractivity contribution in [3.63, 3.8) is 0 Å². The van der Waals surface area contributed by atoms with E-state index < -0.39 is 0 Å². The summed E-state index contributed by atoms with van der Waals surface area (Å²) >= 11 is 6.70. The summed E-state index contributed by atoms with van der Waals surface area (Å²) in [7, 11) is 0. The van der Waals surface area contributed by atoms with Gasteiger partial charge >= 0.3 is 5.97 Å². The normalized spacial score (nSPS) is 10.3. The Hall–Kier alpha value is -1.13. The number of carbonyl (C=O) groups excluding carboxylic acids is 1. The Morgan fingerprint density at radius 2 is 1.79 bits per heavy atom. The van der Waals surface area contributed by atoms with Crippen LogP contribution in [0.25, 0.3) is 0 Å². The van der Waals surface area contributed by atoms with Crippen molar-refractivity contribution in [3.8, 4) is 5.75 Å². The first kappa shape index (κ1) is 14.3. The Morgan fingerprint density at radius 1 is 1.05 bits per heavy atom. The van der Waals surface area contributed by atoms with E-state index in [9.17, 15) is 4.79 Å². The Labute approximate surface area is 129 Å². The van der Waals surface area contributed by atoms with Crippen molar-refractivity contribution in [3.05, 3.63) is 62.0 Å². The minimum absolute atomic E-state index is 0.373. The number of benzene rings is 2. The van der Waals surface area contributed by atoms with Gasteiger partial charge in [-0.05, 0) is 65.2 Å². The topological polar surface area (TPSA) is 26.3 Å². The Kier molecular flexibility index (Phi) is 4.42. The van der Waals surface area contributed by atoms with Crippen LogP contribution in [0.15, 0.2) is 45.3 Å².